The molecule has 1 aliphatic heterocycles. The van der Waals surface area contributed by atoms with Crippen LogP contribution in [0.25, 0.3) is 0 Å². The van der Waals surface area contributed by atoms with E-state index in [0.717, 1.165) is 49.7 Å². The highest BCUT2D eigenvalue weighted by Crippen LogP contribution is 2.20. The van der Waals surface area contributed by atoms with Crippen molar-refractivity contribution >= 4 is 35.8 Å². The first-order valence-corrected chi connectivity index (χ1v) is 9.53. The monoisotopic (exact) mass is 488 g/mol. The van der Waals surface area contributed by atoms with Crippen LogP contribution in [0.5, 0.6) is 5.75 Å². The zero-order chi connectivity index (χ0) is 18.9. The number of amides is 1. The summed E-state index contributed by atoms with van der Waals surface area (Å²) in [6.07, 6.45) is 2.53. The van der Waals surface area contributed by atoms with Crippen LogP contribution in [0.3, 0.4) is 0 Å². The van der Waals surface area contributed by atoms with Gasteiger partial charge in [-0.3, -0.25) is 4.79 Å². The molecule has 152 valence electrons. The number of para-hydroxylation sites is 1. The number of carbonyl (C=O) groups excluding carboxylic acids is 1. The topological polar surface area (TPSA) is 80.0 Å². The van der Waals surface area contributed by atoms with Crippen LogP contribution < -0.4 is 15.8 Å². The van der Waals surface area contributed by atoms with Gasteiger partial charge in [0.1, 0.15) is 11.9 Å². The van der Waals surface area contributed by atoms with E-state index in [2.05, 4.69) is 17.1 Å². The molecule has 0 aliphatic carbocycles. The zero-order valence-corrected chi connectivity index (χ0v) is 18.9. The van der Waals surface area contributed by atoms with E-state index in [4.69, 9.17) is 15.5 Å². The summed E-state index contributed by atoms with van der Waals surface area (Å²) in [6, 6.07) is 8.02. The summed E-state index contributed by atoms with van der Waals surface area (Å²) < 4.78 is 6.02. The molecule has 2 unspecified atom stereocenters. The minimum atomic E-state index is -0.223. The zero-order valence-electron chi connectivity index (χ0n) is 16.6. The first-order chi connectivity index (χ1) is 12.5. The standard InChI is InChI=1S/C20H32N4O2.HI/c1-4-22-20(24-11-7-9-17(14-24)12-19(21)25)23-13-16(3)26-18-10-6-5-8-15(18)2;/h5-6,8,10,16-17H,4,7,9,11-14H2,1-3H3,(H2,21,25)(H,22,23);1H. The van der Waals surface area contributed by atoms with Crippen LogP contribution in [0, 0.1) is 12.8 Å². The van der Waals surface area contributed by atoms with Gasteiger partial charge >= 0.3 is 0 Å². The van der Waals surface area contributed by atoms with Gasteiger partial charge in [-0.25, -0.2) is 4.99 Å². The molecule has 1 aromatic carbocycles. The Hall–Kier alpha value is -1.51. The number of aliphatic imine (C=N–C) groups is 1. The molecular formula is C20H33IN4O2. The number of carbonyl (C=O) groups is 1. The average molecular weight is 488 g/mol. The van der Waals surface area contributed by atoms with E-state index >= 15 is 0 Å². The maximum Gasteiger partial charge on any atom is 0.217 e. The largest absolute Gasteiger partial charge is 0.489 e. The Bertz CT molecular complexity index is 624. The second kappa shape index (κ2) is 12.0. The van der Waals surface area contributed by atoms with Crippen molar-refractivity contribution in [2.75, 3.05) is 26.2 Å². The Morgan fingerprint density at radius 1 is 1.44 bits per heavy atom. The van der Waals surface area contributed by atoms with Gasteiger partial charge in [0.25, 0.3) is 0 Å². The van der Waals surface area contributed by atoms with E-state index < -0.39 is 0 Å². The Labute approximate surface area is 179 Å². The molecule has 27 heavy (non-hydrogen) atoms. The Kier molecular flexibility index (Phi) is 10.5. The molecule has 6 nitrogen and oxygen atoms in total. The van der Waals surface area contributed by atoms with Crippen LogP contribution in [0.15, 0.2) is 29.3 Å². The molecule has 1 aliphatic rings. The minimum Gasteiger partial charge on any atom is -0.489 e. The van der Waals surface area contributed by atoms with Gasteiger partial charge in [0, 0.05) is 26.1 Å². The van der Waals surface area contributed by atoms with Crippen molar-refractivity contribution in [2.45, 2.75) is 46.1 Å². The number of nitrogens with one attached hydrogen (secondary N) is 1. The third-order valence-electron chi connectivity index (χ3n) is 4.56. The highest BCUT2D eigenvalue weighted by Gasteiger charge is 2.23. The second-order valence-corrected chi connectivity index (χ2v) is 7.01. The maximum absolute atomic E-state index is 11.2. The van der Waals surface area contributed by atoms with E-state index in [1.165, 1.54) is 0 Å². The van der Waals surface area contributed by atoms with E-state index in [-0.39, 0.29) is 36.0 Å². The summed E-state index contributed by atoms with van der Waals surface area (Å²) in [5.74, 6) is 1.88. The summed E-state index contributed by atoms with van der Waals surface area (Å²) in [5.41, 5.74) is 6.49. The molecule has 1 amide bonds. The van der Waals surface area contributed by atoms with E-state index in [1.54, 1.807) is 0 Å². The fraction of sp³-hybridized carbons (Fsp3) is 0.600. The summed E-state index contributed by atoms with van der Waals surface area (Å²) in [5, 5.41) is 3.36. The number of halogens is 1. The predicted octanol–water partition coefficient (Wildman–Crippen LogP) is 2.93. The summed E-state index contributed by atoms with van der Waals surface area (Å²) in [7, 11) is 0. The number of ether oxygens (including phenoxy) is 1. The van der Waals surface area contributed by atoms with Crippen LogP contribution in [0.4, 0.5) is 0 Å². The fourth-order valence-corrected chi connectivity index (χ4v) is 3.29. The second-order valence-electron chi connectivity index (χ2n) is 7.01. The third kappa shape index (κ3) is 7.94. The highest BCUT2D eigenvalue weighted by molar-refractivity contribution is 14.0. The van der Waals surface area contributed by atoms with Crippen LogP contribution in [-0.4, -0.2) is 49.0 Å². The van der Waals surface area contributed by atoms with Crippen molar-refractivity contribution in [3.63, 3.8) is 0 Å². The Morgan fingerprint density at radius 2 is 2.19 bits per heavy atom. The number of benzene rings is 1. The van der Waals surface area contributed by atoms with Crippen LogP contribution in [-0.2, 0) is 4.79 Å². The molecule has 1 saturated heterocycles. The summed E-state index contributed by atoms with van der Waals surface area (Å²) >= 11 is 0. The van der Waals surface area contributed by atoms with Crippen molar-refractivity contribution in [1.82, 2.24) is 10.2 Å². The third-order valence-corrected chi connectivity index (χ3v) is 4.56. The lowest BCUT2D eigenvalue weighted by molar-refractivity contribution is -0.119. The molecule has 0 spiro atoms. The molecule has 2 rings (SSSR count). The van der Waals surface area contributed by atoms with Crippen molar-refractivity contribution in [2.24, 2.45) is 16.6 Å². The van der Waals surface area contributed by atoms with Crippen molar-refractivity contribution in [1.29, 1.82) is 0 Å². The number of guanidine groups is 1. The number of rotatable bonds is 7. The quantitative estimate of drug-likeness (QED) is 0.352. The number of primary amides is 1. The molecule has 0 aromatic heterocycles. The SMILES string of the molecule is CCNC(=NCC(C)Oc1ccccc1C)N1CCCC(CC(N)=O)C1.I. The van der Waals surface area contributed by atoms with E-state index in [1.807, 2.05) is 38.1 Å². The molecule has 0 bridgehead atoms. The van der Waals surface area contributed by atoms with Gasteiger partial charge in [0.15, 0.2) is 5.96 Å². The van der Waals surface area contributed by atoms with Crippen LogP contribution >= 0.6 is 24.0 Å². The molecule has 7 heteroatoms. The molecule has 1 heterocycles. The van der Waals surface area contributed by atoms with Gasteiger partial charge in [-0.15, -0.1) is 24.0 Å². The van der Waals surface area contributed by atoms with Crippen LogP contribution in [0.1, 0.15) is 38.7 Å². The molecule has 2 atom stereocenters. The molecule has 0 saturated carbocycles. The predicted molar refractivity (Wildman–Crippen MR) is 121 cm³/mol. The summed E-state index contributed by atoms with van der Waals surface area (Å²) in [4.78, 5) is 18.2. The lowest BCUT2D eigenvalue weighted by atomic mass is 9.95. The number of nitrogens with two attached hydrogens (primary N) is 1. The lowest BCUT2D eigenvalue weighted by Gasteiger charge is -2.34. The van der Waals surface area contributed by atoms with E-state index in [9.17, 15) is 4.79 Å². The number of likely N-dealkylation sites (tertiary alicyclic amines) is 1. The molecule has 1 aromatic rings. The number of nitrogens with zero attached hydrogens (tertiary/aromatic N) is 2. The molecule has 3 N–H and O–H groups in total. The molecular weight excluding hydrogens is 455 g/mol. The smallest absolute Gasteiger partial charge is 0.217 e. The first kappa shape index (κ1) is 23.5. The van der Waals surface area contributed by atoms with Gasteiger partial charge < -0.3 is 20.7 Å². The number of aryl methyl sites for hydroxylation is 1. The van der Waals surface area contributed by atoms with Gasteiger partial charge in [0.05, 0.1) is 6.54 Å². The van der Waals surface area contributed by atoms with Crippen molar-refractivity contribution in [3.05, 3.63) is 29.8 Å². The van der Waals surface area contributed by atoms with Gasteiger partial charge in [-0.05, 0) is 51.2 Å². The summed E-state index contributed by atoms with van der Waals surface area (Å²) in [6.45, 7) is 9.30. The van der Waals surface area contributed by atoms with Crippen LogP contribution in [0.2, 0.25) is 0 Å². The highest BCUT2D eigenvalue weighted by atomic mass is 127. The first-order valence-electron chi connectivity index (χ1n) is 9.53. The van der Waals surface area contributed by atoms with Gasteiger partial charge in [-0.2, -0.15) is 0 Å². The van der Waals surface area contributed by atoms with Crippen molar-refractivity contribution < 1.29 is 9.53 Å². The lowest BCUT2D eigenvalue weighted by Crippen LogP contribution is -2.47. The van der Waals surface area contributed by atoms with E-state index in [0.29, 0.717) is 18.9 Å². The van der Waals surface area contributed by atoms with Crippen molar-refractivity contribution in [3.8, 4) is 5.75 Å². The minimum absolute atomic E-state index is 0. The fourth-order valence-electron chi connectivity index (χ4n) is 3.29. The average Bonchev–Trinajstić information content (AvgIpc) is 2.60. The maximum atomic E-state index is 11.2. The Morgan fingerprint density at radius 3 is 2.85 bits per heavy atom. The number of piperidine rings is 1. The van der Waals surface area contributed by atoms with Gasteiger partial charge in [-0.1, -0.05) is 18.2 Å². The van der Waals surface area contributed by atoms with Gasteiger partial charge in [0.2, 0.25) is 5.91 Å². The Balaban J connectivity index is 0.00000364. The normalized spacial score (nSPS) is 18.4. The molecule has 1 fully saturated rings. The number of hydrogen-bond donors (Lipinski definition) is 2. The molecule has 0 radical (unpaired) electrons. The number of hydrogen-bond acceptors (Lipinski definition) is 3.